The summed E-state index contributed by atoms with van der Waals surface area (Å²) in [6, 6.07) is 0. The molecule has 0 heterocycles. The summed E-state index contributed by atoms with van der Waals surface area (Å²) < 4.78 is 4.94. The highest BCUT2D eigenvalue weighted by atomic mass is 16.5. The van der Waals surface area contributed by atoms with Gasteiger partial charge in [-0.05, 0) is 12.3 Å². The fraction of sp³-hybridized carbons (Fsp3) is 0.600. The highest BCUT2D eigenvalue weighted by molar-refractivity contribution is 5.97. The Bertz CT molecular complexity index is 244. The van der Waals surface area contributed by atoms with Crippen molar-refractivity contribution in [2.45, 2.75) is 27.2 Å². The van der Waals surface area contributed by atoms with E-state index in [1.54, 1.807) is 6.92 Å². The molecule has 0 aromatic heterocycles. The molecule has 4 nitrogen and oxygen atoms in total. The lowest BCUT2D eigenvalue weighted by molar-refractivity contribution is -0.140. The van der Waals surface area contributed by atoms with Gasteiger partial charge in [0.25, 0.3) is 0 Å². The fourth-order valence-electron chi connectivity index (χ4n) is 0.812. The maximum Gasteiger partial charge on any atom is 0.334 e. The molecule has 0 saturated heterocycles. The summed E-state index contributed by atoms with van der Waals surface area (Å²) in [6.07, 6.45) is 1.56. The van der Waals surface area contributed by atoms with E-state index in [1.165, 1.54) is 0 Å². The maximum absolute atomic E-state index is 11.3. The van der Waals surface area contributed by atoms with Crippen molar-refractivity contribution >= 4 is 11.9 Å². The summed E-state index contributed by atoms with van der Waals surface area (Å²) in [5.74, 6) is -0.797. The van der Waals surface area contributed by atoms with Gasteiger partial charge in [-0.2, -0.15) is 0 Å². The van der Waals surface area contributed by atoms with Crippen molar-refractivity contribution < 1.29 is 14.3 Å². The predicted molar refractivity (Wildman–Crippen MR) is 53.4 cm³/mol. The molecule has 0 aliphatic carbocycles. The van der Waals surface area contributed by atoms with Crippen LogP contribution in [0, 0.1) is 5.92 Å². The molecule has 0 atom stereocenters. The van der Waals surface area contributed by atoms with Crippen molar-refractivity contribution in [1.82, 2.24) is 0 Å². The third kappa shape index (κ3) is 5.35. The number of ether oxygens (including phenoxy) is 1. The van der Waals surface area contributed by atoms with E-state index in [2.05, 4.69) is 0 Å². The van der Waals surface area contributed by atoms with Gasteiger partial charge >= 0.3 is 5.97 Å². The van der Waals surface area contributed by atoms with Crippen LogP contribution in [-0.2, 0) is 14.3 Å². The third-order valence-electron chi connectivity index (χ3n) is 1.51. The van der Waals surface area contributed by atoms with E-state index < -0.39 is 11.9 Å². The fourth-order valence-corrected chi connectivity index (χ4v) is 0.812. The molecule has 80 valence electrons. The number of hydrogen-bond donors (Lipinski definition) is 1. The molecule has 0 radical (unpaired) electrons. The highest BCUT2D eigenvalue weighted by Gasteiger charge is 2.10. The first-order valence-electron chi connectivity index (χ1n) is 4.64. The second-order valence-corrected chi connectivity index (χ2v) is 3.42. The molecule has 1 amide bonds. The van der Waals surface area contributed by atoms with Crippen molar-refractivity contribution in [1.29, 1.82) is 0 Å². The first-order valence-corrected chi connectivity index (χ1v) is 4.64. The van der Waals surface area contributed by atoms with Gasteiger partial charge in [0.1, 0.15) is 0 Å². The topological polar surface area (TPSA) is 69.4 Å². The zero-order valence-electron chi connectivity index (χ0n) is 8.87. The average Bonchev–Trinajstić information content (AvgIpc) is 2.09. The molecular formula is C10H17NO3. The molecule has 0 aromatic carbocycles. The molecule has 0 spiro atoms. The van der Waals surface area contributed by atoms with E-state index in [1.807, 2.05) is 13.8 Å². The number of carbonyl (C=O) groups excluding carboxylic acids is 2. The van der Waals surface area contributed by atoms with Gasteiger partial charge in [-0.1, -0.05) is 20.8 Å². The van der Waals surface area contributed by atoms with Crippen LogP contribution in [-0.4, -0.2) is 18.5 Å². The van der Waals surface area contributed by atoms with Gasteiger partial charge in [0, 0.05) is 11.6 Å². The maximum atomic E-state index is 11.3. The van der Waals surface area contributed by atoms with Crippen LogP contribution in [0.25, 0.3) is 0 Å². The minimum absolute atomic E-state index is 0.283. The average molecular weight is 199 g/mol. The minimum Gasteiger partial charge on any atom is -0.462 e. The van der Waals surface area contributed by atoms with Gasteiger partial charge in [-0.15, -0.1) is 0 Å². The predicted octanol–water partition coefficient (Wildman–Crippen LogP) is 1.01. The van der Waals surface area contributed by atoms with Crippen LogP contribution < -0.4 is 5.73 Å². The SMILES string of the molecule is CCC(=CC(N)=O)C(=O)OCC(C)C. The molecule has 4 heteroatoms. The number of primary amides is 1. The number of hydrogen-bond acceptors (Lipinski definition) is 3. The first kappa shape index (κ1) is 12.7. The van der Waals surface area contributed by atoms with Gasteiger partial charge in [-0.25, -0.2) is 4.79 Å². The van der Waals surface area contributed by atoms with Crippen LogP contribution in [0.4, 0.5) is 0 Å². The Morgan fingerprint density at radius 2 is 2.00 bits per heavy atom. The monoisotopic (exact) mass is 199 g/mol. The van der Waals surface area contributed by atoms with E-state index in [0.717, 1.165) is 6.08 Å². The molecule has 0 fully saturated rings. The summed E-state index contributed by atoms with van der Waals surface area (Å²) in [5, 5.41) is 0. The number of nitrogens with two attached hydrogens (primary N) is 1. The van der Waals surface area contributed by atoms with E-state index in [-0.39, 0.29) is 5.92 Å². The van der Waals surface area contributed by atoms with E-state index in [0.29, 0.717) is 18.6 Å². The van der Waals surface area contributed by atoms with Crippen molar-refractivity contribution in [2.24, 2.45) is 11.7 Å². The summed E-state index contributed by atoms with van der Waals surface area (Å²) in [4.78, 5) is 21.9. The first-order chi connectivity index (χ1) is 6.47. The summed E-state index contributed by atoms with van der Waals surface area (Å²) in [5.41, 5.74) is 5.26. The number of amides is 1. The van der Waals surface area contributed by atoms with Crippen molar-refractivity contribution in [3.05, 3.63) is 11.6 Å². The molecule has 0 rings (SSSR count). The number of carbonyl (C=O) groups is 2. The zero-order chi connectivity index (χ0) is 11.1. The second kappa shape index (κ2) is 6.18. The Kier molecular flexibility index (Phi) is 5.60. The van der Waals surface area contributed by atoms with Gasteiger partial charge in [0.05, 0.1) is 6.61 Å². The largest absolute Gasteiger partial charge is 0.462 e. The van der Waals surface area contributed by atoms with Crippen LogP contribution >= 0.6 is 0 Å². The third-order valence-corrected chi connectivity index (χ3v) is 1.51. The van der Waals surface area contributed by atoms with Crippen molar-refractivity contribution in [3.63, 3.8) is 0 Å². The molecule has 0 unspecified atom stereocenters. The molecule has 2 N–H and O–H groups in total. The van der Waals surface area contributed by atoms with Crippen LogP contribution in [0.3, 0.4) is 0 Å². The van der Waals surface area contributed by atoms with E-state index >= 15 is 0 Å². The zero-order valence-corrected chi connectivity index (χ0v) is 8.87. The van der Waals surface area contributed by atoms with Crippen LogP contribution in [0.5, 0.6) is 0 Å². The Morgan fingerprint density at radius 1 is 1.43 bits per heavy atom. The quantitative estimate of drug-likeness (QED) is 0.530. The van der Waals surface area contributed by atoms with E-state index in [9.17, 15) is 9.59 Å². The summed E-state index contributed by atoms with van der Waals surface area (Å²) in [7, 11) is 0. The Morgan fingerprint density at radius 3 is 2.36 bits per heavy atom. The Balaban J connectivity index is 4.26. The lowest BCUT2D eigenvalue weighted by Crippen LogP contribution is -2.15. The summed E-state index contributed by atoms with van der Waals surface area (Å²) >= 11 is 0. The van der Waals surface area contributed by atoms with Crippen LogP contribution in [0.15, 0.2) is 11.6 Å². The molecular weight excluding hydrogens is 182 g/mol. The number of rotatable bonds is 5. The molecule has 0 aliphatic rings. The molecule has 14 heavy (non-hydrogen) atoms. The van der Waals surface area contributed by atoms with Gasteiger partial charge in [-0.3, -0.25) is 4.79 Å². The van der Waals surface area contributed by atoms with Crippen molar-refractivity contribution in [3.8, 4) is 0 Å². The molecule has 0 aliphatic heterocycles. The van der Waals surface area contributed by atoms with Crippen LogP contribution in [0.1, 0.15) is 27.2 Å². The second-order valence-electron chi connectivity index (χ2n) is 3.42. The Labute approximate surface area is 84.1 Å². The minimum atomic E-state index is -0.622. The van der Waals surface area contributed by atoms with Gasteiger partial charge in [0.2, 0.25) is 5.91 Å². The van der Waals surface area contributed by atoms with Gasteiger partial charge < -0.3 is 10.5 Å². The number of esters is 1. The Hall–Kier alpha value is -1.32. The van der Waals surface area contributed by atoms with Crippen molar-refractivity contribution in [2.75, 3.05) is 6.61 Å². The molecule has 0 bridgehead atoms. The lowest BCUT2D eigenvalue weighted by Gasteiger charge is -2.07. The molecule has 0 saturated carbocycles. The van der Waals surface area contributed by atoms with Gasteiger partial charge in [0.15, 0.2) is 0 Å². The standard InChI is InChI=1S/C10H17NO3/c1-4-8(5-9(11)12)10(13)14-6-7(2)3/h5,7H,4,6H2,1-3H3,(H2,11,12). The lowest BCUT2D eigenvalue weighted by atomic mass is 10.2. The highest BCUT2D eigenvalue weighted by Crippen LogP contribution is 2.04. The van der Waals surface area contributed by atoms with E-state index in [4.69, 9.17) is 10.5 Å². The summed E-state index contributed by atoms with van der Waals surface area (Å²) in [6.45, 7) is 6.01. The normalized spacial score (nSPS) is 11.6. The molecule has 0 aromatic rings. The van der Waals surface area contributed by atoms with Crippen LogP contribution in [0.2, 0.25) is 0 Å². The smallest absolute Gasteiger partial charge is 0.334 e.